The predicted octanol–water partition coefficient (Wildman–Crippen LogP) is 4.11. The minimum Gasteiger partial charge on any atom is -0.294 e. The fraction of sp³-hybridized carbons (Fsp3) is 0.400. The molecule has 1 aromatic carbocycles. The minimum absolute atomic E-state index is 0.130. The highest BCUT2D eigenvalue weighted by molar-refractivity contribution is 6.30. The van der Waals surface area contributed by atoms with Crippen LogP contribution >= 0.6 is 11.6 Å². The molecule has 2 heteroatoms. The van der Waals surface area contributed by atoms with E-state index in [-0.39, 0.29) is 5.41 Å². The topological polar surface area (TPSA) is 17.1 Å². The lowest BCUT2D eigenvalue weighted by Crippen LogP contribution is -2.25. The van der Waals surface area contributed by atoms with Crippen LogP contribution in [0.1, 0.15) is 31.7 Å². The van der Waals surface area contributed by atoms with E-state index >= 15 is 0 Å². The van der Waals surface area contributed by atoms with Gasteiger partial charge < -0.3 is 0 Å². The molecule has 0 spiro atoms. The molecular weight excluding hydrogens is 232 g/mol. The van der Waals surface area contributed by atoms with Gasteiger partial charge in [0.05, 0.1) is 0 Å². The summed E-state index contributed by atoms with van der Waals surface area (Å²) in [5, 5.41) is 0.743. The van der Waals surface area contributed by atoms with Crippen LogP contribution in [0.3, 0.4) is 0 Å². The third kappa shape index (κ3) is 1.56. The van der Waals surface area contributed by atoms with Crippen LogP contribution < -0.4 is 0 Å². The quantitative estimate of drug-likeness (QED) is 0.729. The van der Waals surface area contributed by atoms with Gasteiger partial charge in [-0.1, -0.05) is 37.1 Å². The second-order valence-corrected chi connectivity index (χ2v) is 5.77. The Kier molecular flexibility index (Phi) is 2.41. The Morgan fingerprint density at radius 1 is 1.29 bits per heavy atom. The zero-order valence-electron chi connectivity index (χ0n) is 9.87. The van der Waals surface area contributed by atoms with Crippen molar-refractivity contribution in [3.8, 4) is 0 Å². The highest BCUT2D eigenvalue weighted by Crippen LogP contribution is 2.54. The largest absolute Gasteiger partial charge is 0.294 e. The van der Waals surface area contributed by atoms with Gasteiger partial charge in [0.2, 0.25) is 0 Å². The van der Waals surface area contributed by atoms with E-state index in [1.165, 1.54) is 5.57 Å². The summed E-state index contributed by atoms with van der Waals surface area (Å²) in [4.78, 5) is 12.1. The van der Waals surface area contributed by atoms with Crippen LogP contribution in [0.15, 0.2) is 30.3 Å². The number of carbonyl (C=O) groups excluding carboxylic acids is 1. The van der Waals surface area contributed by atoms with Gasteiger partial charge in [-0.3, -0.25) is 4.79 Å². The molecule has 0 bridgehead atoms. The molecule has 2 unspecified atom stereocenters. The molecule has 1 aromatic rings. The molecule has 17 heavy (non-hydrogen) atoms. The lowest BCUT2D eigenvalue weighted by atomic mass is 9.78. The monoisotopic (exact) mass is 246 g/mol. The van der Waals surface area contributed by atoms with Crippen LogP contribution in [0.2, 0.25) is 5.02 Å². The van der Waals surface area contributed by atoms with Crippen LogP contribution in [-0.2, 0) is 4.79 Å². The fourth-order valence-corrected chi connectivity index (χ4v) is 3.42. The van der Waals surface area contributed by atoms with E-state index in [2.05, 4.69) is 6.92 Å². The number of halogens is 1. The minimum atomic E-state index is -0.130. The summed E-state index contributed by atoms with van der Waals surface area (Å²) in [6.07, 6.45) is 5.19. The molecule has 0 heterocycles. The number of allylic oxidation sites excluding steroid dienone is 2. The molecule has 3 rings (SSSR count). The summed E-state index contributed by atoms with van der Waals surface area (Å²) < 4.78 is 0. The first-order valence-electron chi connectivity index (χ1n) is 6.13. The predicted molar refractivity (Wildman–Crippen MR) is 69.9 cm³/mol. The molecule has 2 atom stereocenters. The number of hydrogen-bond acceptors (Lipinski definition) is 1. The van der Waals surface area contributed by atoms with Crippen molar-refractivity contribution in [1.82, 2.24) is 0 Å². The molecule has 1 saturated carbocycles. The van der Waals surface area contributed by atoms with Crippen molar-refractivity contribution in [3.05, 3.63) is 40.9 Å². The van der Waals surface area contributed by atoms with Crippen LogP contribution in [0.4, 0.5) is 0 Å². The van der Waals surface area contributed by atoms with Gasteiger partial charge >= 0.3 is 0 Å². The Morgan fingerprint density at radius 2 is 2.00 bits per heavy atom. The van der Waals surface area contributed by atoms with E-state index in [0.717, 1.165) is 29.8 Å². The normalized spacial score (nSPS) is 31.5. The summed E-state index contributed by atoms with van der Waals surface area (Å²) in [6.45, 7) is 2.12. The highest BCUT2D eigenvalue weighted by Gasteiger charge is 2.49. The smallest absolute Gasteiger partial charge is 0.162 e. The average molecular weight is 247 g/mol. The van der Waals surface area contributed by atoms with Crippen molar-refractivity contribution in [1.29, 1.82) is 0 Å². The number of carbonyl (C=O) groups is 1. The maximum absolute atomic E-state index is 12.1. The highest BCUT2D eigenvalue weighted by atomic mass is 35.5. The number of rotatable bonds is 1. The van der Waals surface area contributed by atoms with E-state index in [0.29, 0.717) is 11.7 Å². The van der Waals surface area contributed by atoms with Gasteiger partial charge in [0.15, 0.2) is 5.78 Å². The summed E-state index contributed by atoms with van der Waals surface area (Å²) >= 11 is 5.90. The molecule has 2 aliphatic carbocycles. The van der Waals surface area contributed by atoms with Crippen LogP contribution in [0.25, 0.3) is 5.57 Å². The van der Waals surface area contributed by atoms with Crippen LogP contribution in [0, 0.1) is 11.3 Å². The first-order valence-corrected chi connectivity index (χ1v) is 6.51. The van der Waals surface area contributed by atoms with Crippen molar-refractivity contribution in [2.24, 2.45) is 11.3 Å². The third-order valence-electron chi connectivity index (χ3n) is 4.36. The molecule has 1 fully saturated rings. The van der Waals surface area contributed by atoms with E-state index < -0.39 is 0 Å². The van der Waals surface area contributed by atoms with Gasteiger partial charge in [-0.25, -0.2) is 0 Å². The first-order chi connectivity index (χ1) is 8.11. The Hall–Kier alpha value is -1.08. The number of hydrogen-bond donors (Lipinski definition) is 0. The van der Waals surface area contributed by atoms with Gasteiger partial charge in [-0.15, -0.1) is 0 Å². The maximum atomic E-state index is 12.1. The Morgan fingerprint density at radius 3 is 2.71 bits per heavy atom. The van der Waals surface area contributed by atoms with E-state index in [9.17, 15) is 4.79 Å². The van der Waals surface area contributed by atoms with Gasteiger partial charge in [-0.2, -0.15) is 0 Å². The second-order valence-electron chi connectivity index (χ2n) is 5.33. The van der Waals surface area contributed by atoms with Crippen molar-refractivity contribution >= 4 is 23.0 Å². The molecule has 1 nitrogen and oxygen atoms in total. The maximum Gasteiger partial charge on any atom is 0.162 e. The van der Waals surface area contributed by atoms with Gasteiger partial charge in [0.25, 0.3) is 0 Å². The van der Waals surface area contributed by atoms with Crippen molar-refractivity contribution < 1.29 is 4.79 Å². The standard InChI is InChI=1S/C15H15ClO/c1-15-8-2-3-13(15)12(9-14(15)17)10-4-6-11(16)7-5-10/h4-7,9,13H,2-3,8H2,1H3. The van der Waals surface area contributed by atoms with Crippen molar-refractivity contribution in [2.45, 2.75) is 26.2 Å². The molecule has 88 valence electrons. The van der Waals surface area contributed by atoms with Gasteiger partial charge in [0, 0.05) is 10.4 Å². The van der Waals surface area contributed by atoms with Gasteiger partial charge in [0.1, 0.15) is 0 Å². The molecular formula is C15H15ClO. The number of fused-ring (bicyclic) bond motifs is 1. The summed E-state index contributed by atoms with van der Waals surface area (Å²) in [5.74, 6) is 0.723. The van der Waals surface area contributed by atoms with Crippen LogP contribution in [0.5, 0.6) is 0 Å². The first kappa shape index (κ1) is 11.0. The zero-order valence-corrected chi connectivity index (χ0v) is 10.6. The van der Waals surface area contributed by atoms with Crippen molar-refractivity contribution in [3.63, 3.8) is 0 Å². The third-order valence-corrected chi connectivity index (χ3v) is 4.61. The molecule has 0 N–H and O–H groups in total. The van der Waals surface area contributed by atoms with Gasteiger partial charge in [-0.05, 0) is 48.1 Å². The summed E-state index contributed by atoms with van der Waals surface area (Å²) in [5.41, 5.74) is 2.24. The lowest BCUT2D eigenvalue weighted by Gasteiger charge is -2.24. The number of ketones is 1. The van der Waals surface area contributed by atoms with E-state index in [1.54, 1.807) is 0 Å². The second kappa shape index (κ2) is 3.71. The Labute approximate surface area is 106 Å². The average Bonchev–Trinajstić information content (AvgIpc) is 2.79. The van der Waals surface area contributed by atoms with Crippen molar-refractivity contribution in [2.75, 3.05) is 0 Å². The lowest BCUT2D eigenvalue weighted by molar-refractivity contribution is -0.122. The molecule has 0 saturated heterocycles. The number of benzene rings is 1. The van der Waals surface area contributed by atoms with E-state index in [4.69, 9.17) is 11.6 Å². The van der Waals surface area contributed by atoms with E-state index in [1.807, 2.05) is 30.3 Å². The van der Waals surface area contributed by atoms with Crippen LogP contribution in [-0.4, -0.2) is 5.78 Å². The molecule has 2 aliphatic rings. The molecule has 0 aliphatic heterocycles. The molecule has 0 radical (unpaired) electrons. The SMILES string of the molecule is CC12CCCC1C(c1ccc(Cl)cc1)=CC2=O. The Bertz CT molecular complexity index is 500. The fourth-order valence-electron chi connectivity index (χ4n) is 3.29. The molecule has 0 aromatic heterocycles. The molecule has 0 amide bonds. The summed E-state index contributed by atoms with van der Waals surface area (Å²) in [7, 11) is 0. The zero-order chi connectivity index (χ0) is 12.0. The Balaban J connectivity index is 2.02. The summed E-state index contributed by atoms with van der Waals surface area (Å²) in [6, 6.07) is 7.83.